The first-order valence-electron chi connectivity index (χ1n) is 4.60. The van der Waals surface area contributed by atoms with E-state index >= 15 is 0 Å². The average molecular weight is 214 g/mol. The summed E-state index contributed by atoms with van der Waals surface area (Å²) in [5.41, 5.74) is 0.124. The van der Waals surface area contributed by atoms with E-state index in [0.717, 1.165) is 0 Å². The van der Waals surface area contributed by atoms with Crippen LogP contribution in [-0.4, -0.2) is 24.6 Å². The van der Waals surface area contributed by atoms with Crippen molar-refractivity contribution in [2.24, 2.45) is 0 Å². The number of rotatable bonds is 2. The summed E-state index contributed by atoms with van der Waals surface area (Å²) >= 11 is 0. The van der Waals surface area contributed by atoms with Crippen molar-refractivity contribution in [2.45, 2.75) is 33.2 Å². The van der Waals surface area contributed by atoms with Gasteiger partial charge in [0.15, 0.2) is 0 Å². The molecular formula is C10H18N2O3. The van der Waals surface area contributed by atoms with Crippen molar-refractivity contribution in [3.63, 3.8) is 0 Å². The molecule has 0 saturated heterocycles. The molecule has 0 aromatic heterocycles. The van der Waals surface area contributed by atoms with Crippen LogP contribution in [0, 0.1) is 0 Å². The quantitative estimate of drug-likeness (QED) is 0.535. The Labute approximate surface area is 89.9 Å². The zero-order chi connectivity index (χ0) is 12.1. The van der Waals surface area contributed by atoms with E-state index in [0.29, 0.717) is 5.70 Å². The Bertz CT molecular complexity index is 277. The van der Waals surface area contributed by atoms with Crippen molar-refractivity contribution >= 4 is 12.0 Å². The van der Waals surface area contributed by atoms with Crippen LogP contribution < -0.4 is 10.6 Å². The lowest BCUT2D eigenvalue weighted by molar-refractivity contribution is -0.134. The molecule has 5 heteroatoms. The molecule has 0 aromatic carbocycles. The van der Waals surface area contributed by atoms with Gasteiger partial charge in [-0.1, -0.05) is 0 Å². The van der Waals surface area contributed by atoms with E-state index in [-0.39, 0.29) is 11.6 Å². The Kier molecular flexibility index (Phi) is 4.84. The second-order valence-electron chi connectivity index (χ2n) is 4.18. The smallest absolute Gasteiger partial charge is 0.332 e. The standard InChI is InChI=1S/C10H18N2O3/c1-7(6-8(13)15-5)11-9(14)12-10(2,3)4/h6H,1-5H3,(H2,11,12,14)/b7-6+. The van der Waals surface area contributed by atoms with Gasteiger partial charge in [0.1, 0.15) is 0 Å². The molecule has 0 heterocycles. The van der Waals surface area contributed by atoms with Gasteiger partial charge in [-0.25, -0.2) is 9.59 Å². The molecule has 0 atom stereocenters. The third-order valence-corrected chi connectivity index (χ3v) is 1.33. The lowest BCUT2D eigenvalue weighted by Gasteiger charge is -2.20. The first-order valence-corrected chi connectivity index (χ1v) is 4.60. The molecule has 0 aliphatic carbocycles. The highest BCUT2D eigenvalue weighted by Crippen LogP contribution is 1.98. The largest absolute Gasteiger partial charge is 0.466 e. The van der Waals surface area contributed by atoms with Crippen LogP contribution in [0.3, 0.4) is 0 Å². The van der Waals surface area contributed by atoms with E-state index in [4.69, 9.17) is 0 Å². The van der Waals surface area contributed by atoms with E-state index < -0.39 is 5.97 Å². The van der Waals surface area contributed by atoms with Gasteiger partial charge in [-0.2, -0.15) is 0 Å². The van der Waals surface area contributed by atoms with E-state index in [1.54, 1.807) is 6.92 Å². The molecule has 0 aromatic rings. The zero-order valence-corrected chi connectivity index (χ0v) is 9.80. The normalized spacial score (nSPS) is 11.9. The first kappa shape index (κ1) is 13.5. The molecule has 5 nitrogen and oxygen atoms in total. The number of hydrogen-bond donors (Lipinski definition) is 2. The number of carbonyl (C=O) groups is 2. The number of nitrogens with one attached hydrogen (secondary N) is 2. The highest BCUT2D eigenvalue weighted by atomic mass is 16.5. The maximum absolute atomic E-state index is 11.3. The van der Waals surface area contributed by atoms with Crippen LogP contribution in [0.1, 0.15) is 27.7 Å². The Morgan fingerprint density at radius 1 is 1.27 bits per heavy atom. The summed E-state index contributed by atoms with van der Waals surface area (Å²) < 4.78 is 4.42. The molecule has 2 amide bonds. The molecule has 15 heavy (non-hydrogen) atoms. The van der Waals surface area contributed by atoms with E-state index in [9.17, 15) is 9.59 Å². The van der Waals surface area contributed by atoms with Gasteiger partial charge in [0.25, 0.3) is 0 Å². The third kappa shape index (κ3) is 7.54. The molecule has 86 valence electrons. The van der Waals surface area contributed by atoms with Crippen molar-refractivity contribution in [1.82, 2.24) is 10.6 Å². The molecule has 0 bridgehead atoms. The Balaban J connectivity index is 4.19. The number of ether oxygens (including phenoxy) is 1. The van der Waals surface area contributed by atoms with Gasteiger partial charge in [-0.15, -0.1) is 0 Å². The Morgan fingerprint density at radius 3 is 2.20 bits per heavy atom. The van der Waals surface area contributed by atoms with Crippen LogP contribution in [0.5, 0.6) is 0 Å². The van der Waals surface area contributed by atoms with Crippen LogP contribution in [-0.2, 0) is 9.53 Å². The van der Waals surface area contributed by atoms with Gasteiger partial charge in [-0.3, -0.25) is 0 Å². The predicted octanol–water partition coefficient (Wildman–Crippen LogP) is 1.16. The minimum atomic E-state index is -0.497. The number of hydrogen-bond acceptors (Lipinski definition) is 3. The Morgan fingerprint density at radius 2 is 1.80 bits per heavy atom. The summed E-state index contributed by atoms with van der Waals surface area (Å²) in [6.45, 7) is 7.21. The second-order valence-corrected chi connectivity index (χ2v) is 4.18. The summed E-state index contributed by atoms with van der Waals surface area (Å²) in [6, 6.07) is -0.347. The lowest BCUT2D eigenvalue weighted by Crippen LogP contribution is -2.45. The van der Waals surface area contributed by atoms with Crippen LogP contribution in [0.15, 0.2) is 11.8 Å². The number of allylic oxidation sites excluding steroid dienone is 1. The van der Waals surface area contributed by atoms with Gasteiger partial charge in [-0.05, 0) is 27.7 Å². The zero-order valence-electron chi connectivity index (χ0n) is 9.80. The second kappa shape index (κ2) is 5.38. The number of esters is 1. The molecule has 0 unspecified atom stereocenters. The van der Waals surface area contributed by atoms with E-state index in [1.807, 2.05) is 20.8 Å². The fourth-order valence-electron chi connectivity index (χ4n) is 0.823. The van der Waals surface area contributed by atoms with Crippen molar-refractivity contribution in [2.75, 3.05) is 7.11 Å². The lowest BCUT2D eigenvalue weighted by atomic mass is 10.1. The van der Waals surface area contributed by atoms with Gasteiger partial charge in [0, 0.05) is 17.3 Å². The van der Waals surface area contributed by atoms with Crippen molar-refractivity contribution in [1.29, 1.82) is 0 Å². The van der Waals surface area contributed by atoms with Crippen LogP contribution in [0.4, 0.5) is 4.79 Å². The van der Waals surface area contributed by atoms with Crippen molar-refractivity contribution in [3.05, 3.63) is 11.8 Å². The average Bonchev–Trinajstić information content (AvgIpc) is 1.99. The van der Waals surface area contributed by atoms with E-state index in [2.05, 4.69) is 15.4 Å². The third-order valence-electron chi connectivity index (χ3n) is 1.33. The van der Waals surface area contributed by atoms with Gasteiger partial charge >= 0.3 is 12.0 Å². The summed E-state index contributed by atoms with van der Waals surface area (Å²) in [5.74, 6) is -0.497. The van der Waals surface area contributed by atoms with Gasteiger partial charge in [0.2, 0.25) is 0 Å². The first-order chi connectivity index (χ1) is 6.74. The molecule has 0 aliphatic rings. The number of methoxy groups -OCH3 is 1. The van der Waals surface area contributed by atoms with Crippen LogP contribution in [0.2, 0.25) is 0 Å². The van der Waals surface area contributed by atoms with Crippen molar-refractivity contribution < 1.29 is 14.3 Å². The maximum atomic E-state index is 11.3. The van der Waals surface area contributed by atoms with Crippen LogP contribution in [0.25, 0.3) is 0 Å². The topological polar surface area (TPSA) is 67.4 Å². The molecular weight excluding hydrogens is 196 g/mol. The van der Waals surface area contributed by atoms with Crippen LogP contribution >= 0.6 is 0 Å². The number of carbonyl (C=O) groups excluding carboxylic acids is 2. The molecule has 0 fully saturated rings. The minimum absolute atomic E-state index is 0.310. The highest BCUT2D eigenvalue weighted by molar-refractivity contribution is 5.84. The summed E-state index contributed by atoms with van der Waals surface area (Å²) in [5, 5.41) is 5.21. The molecule has 2 N–H and O–H groups in total. The fourth-order valence-corrected chi connectivity index (χ4v) is 0.823. The van der Waals surface area contributed by atoms with Gasteiger partial charge < -0.3 is 15.4 Å². The SMILES string of the molecule is COC(=O)/C=C(\C)NC(=O)NC(C)(C)C. The summed E-state index contributed by atoms with van der Waals surface area (Å²) in [4.78, 5) is 22.1. The molecule has 0 rings (SSSR count). The maximum Gasteiger partial charge on any atom is 0.332 e. The van der Waals surface area contributed by atoms with Gasteiger partial charge in [0.05, 0.1) is 7.11 Å². The molecule has 0 aliphatic heterocycles. The molecule has 0 saturated carbocycles. The predicted molar refractivity (Wildman–Crippen MR) is 57.2 cm³/mol. The molecule has 0 radical (unpaired) electrons. The minimum Gasteiger partial charge on any atom is -0.466 e. The number of urea groups is 1. The monoisotopic (exact) mass is 214 g/mol. The number of amides is 2. The fraction of sp³-hybridized carbons (Fsp3) is 0.600. The summed E-state index contributed by atoms with van der Waals surface area (Å²) in [6.07, 6.45) is 1.21. The molecule has 0 spiro atoms. The summed E-state index contributed by atoms with van der Waals surface area (Å²) in [7, 11) is 1.28. The van der Waals surface area contributed by atoms with E-state index in [1.165, 1.54) is 13.2 Å². The Hall–Kier alpha value is -1.52. The highest BCUT2D eigenvalue weighted by Gasteiger charge is 2.13. The van der Waals surface area contributed by atoms with Crippen molar-refractivity contribution in [3.8, 4) is 0 Å².